The molecule has 3 rings (SSSR count). The van der Waals surface area contributed by atoms with Crippen LogP contribution in [0.25, 0.3) is 22.5 Å². The van der Waals surface area contributed by atoms with Gasteiger partial charge < -0.3 is 0 Å². The van der Waals surface area contributed by atoms with Crippen molar-refractivity contribution >= 4 is 12.6 Å². The van der Waals surface area contributed by atoms with Crippen molar-refractivity contribution in [3.8, 4) is 22.5 Å². The Hall–Kier alpha value is -3.07. The molecule has 0 atom stereocenters. The van der Waals surface area contributed by atoms with Gasteiger partial charge in [0.05, 0.1) is 11.4 Å². The summed E-state index contributed by atoms with van der Waals surface area (Å²) >= 11 is 0. The number of pyridine rings is 1. The second-order valence-electron chi connectivity index (χ2n) is 4.89. The molecule has 0 saturated heterocycles. The first-order chi connectivity index (χ1) is 10.8. The van der Waals surface area contributed by atoms with Crippen LogP contribution in [0.5, 0.6) is 0 Å². The van der Waals surface area contributed by atoms with Gasteiger partial charge in [0.25, 0.3) is 0 Å². The zero-order chi connectivity index (χ0) is 15.4. The molecule has 0 saturated carbocycles. The van der Waals surface area contributed by atoms with Crippen LogP contribution in [-0.2, 0) is 0 Å². The number of aldehydes is 2. The van der Waals surface area contributed by atoms with E-state index >= 15 is 0 Å². The normalized spacial score (nSPS) is 10.2. The molecule has 0 fully saturated rings. The van der Waals surface area contributed by atoms with Gasteiger partial charge in [-0.1, -0.05) is 54.6 Å². The molecule has 3 aromatic rings. The number of carbonyl (C=O) groups excluding carboxylic acids is 2. The third kappa shape index (κ3) is 2.83. The molecule has 3 heteroatoms. The number of hydrogen-bond donors (Lipinski definition) is 0. The Balaban J connectivity index is 1.97. The van der Waals surface area contributed by atoms with Gasteiger partial charge in [-0.05, 0) is 12.1 Å². The van der Waals surface area contributed by atoms with Gasteiger partial charge in [0, 0.05) is 22.3 Å². The zero-order valence-electron chi connectivity index (χ0n) is 11.8. The summed E-state index contributed by atoms with van der Waals surface area (Å²) < 4.78 is 0. The van der Waals surface area contributed by atoms with Crippen LogP contribution in [0, 0.1) is 0 Å². The van der Waals surface area contributed by atoms with Crippen LogP contribution in [0.15, 0.2) is 66.7 Å². The Bertz CT molecular complexity index is 739. The second-order valence-corrected chi connectivity index (χ2v) is 4.89. The minimum atomic E-state index is 0.643. The second kappa shape index (κ2) is 6.14. The summed E-state index contributed by atoms with van der Waals surface area (Å²) in [4.78, 5) is 26.1. The molecule has 106 valence electrons. The topological polar surface area (TPSA) is 47.0 Å². The maximum absolute atomic E-state index is 10.7. The first kappa shape index (κ1) is 13.9. The van der Waals surface area contributed by atoms with Crippen LogP contribution in [-0.4, -0.2) is 17.6 Å². The fraction of sp³-hybridized carbons (Fsp3) is 0. The van der Waals surface area contributed by atoms with Crippen molar-refractivity contribution in [2.45, 2.75) is 0 Å². The van der Waals surface area contributed by atoms with Gasteiger partial charge in [-0.15, -0.1) is 0 Å². The van der Waals surface area contributed by atoms with E-state index in [4.69, 9.17) is 0 Å². The van der Waals surface area contributed by atoms with Gasteiger partial charge in [0.1, 0.15) is 12.6 Å². The summed E-state index contributed by atoms with van der Waals surface area (Å²) in [5, 5.41) is 0. The summed E-state index contributed by atoms with van der Waals surface area (Å²) in [6.07, 6.45) is 1.64. The van der Waals surface area contributed by atoms with Crippen LogP contribution >= 0.6 is 0 Å². The largest absolute Gasteiger partial charge is 0.298 e. The lowest BCUT2D eigenvalue weighted by Crippen LogP contribution is -1.89. The van der Waals surface area contributed by atoms with E-state index in [2.05, 4.69) is 4.98 Å². The van der Waals surface area contributed by atoms with E-state index < -0.39 is 0 Å². The van der Waals surface area contributed by atoms with E-state index in [1.807, 2.05) is 42.5 Å². The summed E-state index contributed by atoms with van der Waals surface area (Å²) in [6.45, 7) is 0. The van der Waals surface area contributed by atoms with Crippen molar-refractivity contribution in [1.82, 2.24) is 4.98 Å². The first-order valence-corrected chi connectivity index (χ1v) is 6.88. The average Bonchev–Trinajstić information content (AvgIpc) is 2.62. The summed E-state index contributed by atoms with van der Waals surface area (Å²) in [7, 11) is 0. The maximum Gasteiger partial charge on any atom is 0.150 e. The fourth-order valence-corrected chi connectivity index (χ4v) is 2.22. The highest BCUT2D eigenvalue weighted by Crippen LogP contribution is 2.23. The van der Waals surface area contributed by atoms with Crippen molar-refractivity contribution in [3.05, 3.63) is 77.9 Å². The molecular formula is C19H13NO2. The van der Waals surface area contributed by atoms with Crippen LogP contribution in [0.3, 0.4) is 0 Å². The number of carbonyl (C=O) groups is 2. The van der Waals surface area contributed by atoms with Crippen molar-refractivity contribution in [1.29, 1.82) is 0 Å². The van der Waals surface area contributed by atoms with Crippen molar-refractivity contribution < 1.29 is 9.59 Å². The van der Waals surface area contributed by atoms with Crippen LogP contribution in [0.2, 0.25) is 0 Å². The van der Waals surface area contributed by atoms with Crippen LogP contribution < -0.4 is 0 Å². The third-order valence-electron chi connectivity index (χ3n) is 3.43. The summed E-state index contributed by atoms with van der Waals surface area (Å²) in [6, 6.07) is 20.4. The number of hydrogen-bond acceptors (Lipinski definition) is 3. The van der Waals surface area contributed by atoms with Gasteiger partial charge in [-0.3, -0.25) is 9.59 Å². The molecule has 22 heavy (non-hydrogen) atoms. The quantitative estimate of drug-likeness (QED) is 0.680. The summed E-state index contributed by atoms with van der Waals surface area (Å²) in [5.41, 5.74) is 4.88. The van der Waals surface area contributed by atoms with Gasteiger partial charge >= 0.3 is 0 Å². The number of benzene rings is 2. The highest BCUT2D eigenvalue weighted by Gasteiger charge is 2.04. The van der Waals surface area contributed by atoms with Gasteiger partial charge in [-0.2, -0.15) is 0 Å². The zero-order valence-corrected chi connectivity index (χ0v) is 11.8. The van der Waals surface area contributed by atoms with Crippen LogP contribution in [0.1, 0.15) is 20.7 Å². The minimum Gasteiger partial charge on any atom is -0.298 e. The lowest BCUT2D eigenvalue weighted by Gasteiger charge is -2.05. The standard InChI is InChI=1S/C19H13NO2/c21-12-14-4-8-16(9-5-14)18-2-1-3-19(20-18)17-10-6-15(13-22)7-11-17/h1-13H. The van der Waals surface area contributed by atoms with Crippen LogP contribution in [0.4, 0.5) is 0 Å². The number of rotatable bonds is 4. The molecule has 0 N–H and O–H groups in total. The van der Waals surface area contributed by atoms with E-state index in [1.165, 1.54) is 0 Å². The lowest BCUT2D eigenvalue weighted by molar-refractivity contribution is 0.111. The predicted octanol–water partition coefficient (Wildman–Crippen LogP) is 4.04. The molecule has 0 spiro atoms. The molecule has 3 nitrogen and oxygen atoms in total. The maximum atomic E-state index is 10.7. The molecule has 0 aliphatic rings. The molecule has 0 aliphatic heterocycles. The van der Waals surface area contributed by atoms with Gasteiger partial charge in [-0.25, -0.2) is 4.98 Å². The molecule has 0 bridgehead atoms. The van der Waals surface area contributed by atoms with Crippen molar-refractivity contribution in [3.63, 3.8) is 0 Å². The molecule has 0 aliphatic carbocycles. The van der Waals surface area contributed by atoms with Crippen molar-refractivity contribution in [2.75, 3.05) is 0 Å². The van der Waals surface area contributed by atoms with E-state index in [0.717, 1.165) is 35.1 Å². The SMILES string of the molecule is O=Cc1ccc(-c2cccc(-c3ccc(C=O)cc3)n2)cc1. The Kier molecular flexibility index (Phi) is 3.88. The number of nitrogens with zero attached hydrogens (tertiary/aromatic N) is 1. The predicted molar refractivity (Wildman–Crippen MR) is 85.9 cm³/mol. The van der Waals surface area contributed by atoms with Crippen molar-refractivity contribution in [2.24, 2.45) is 0 Å². The molecule has 0 unspecified atom stereocenters. The molecule has 1 heterocycles. The monoisotopic (exact) mass is 287 g/mol. The Morgan fingerprint density at radius 2 is 1.00 bits per heavy atom. The van der Waals surface area contributed by atoms with E-state index in [1.54, 1.807) is 24.3 Å². The van der Waals surface area contributed by atoms with Gasteiger partial charge in [0.15, 0.2) is 0 Å². The lowest BCUT2D eigenvalue weighted by atomic mass is 10.1. The number of aromatic nitrogens is 1. The Labute approximate surface area is 128 Å². The summed E-state index contributed by atoms with van der Waals surface area (Å²) in [5.74, 6) is 0. The molecule has 0 amide bonds. The van der Waals surface area contributed by atoms with Gasteiger partial charge in [0.2, 0.25) is 0 Å². The van der Waals surface area contributed by atoms with E-state index in [9.17, 15) is 9.59 Å². The highest BCUT2D eigenvalue weighted by molar-refractivity contribution is 5.78. The molecule has 2 aromatic carbocycles. The molecule has 0 radical (unpaired) electrons. The molecule has 1 aromatic heterocycles. The van der Waals surface area contributed by atoms with E-state index in [0.29, 0.717) is 11.1 Å². The minimum absolute atomic E-state index is 0.643. The Morgan fingerprint density at radius 3 is 1.36 bits per heavy atom. The first-order valence-electron chi connectivity index (χ1n) is 6.88. The average molecular weight is 287 g/mol. The molecular weight excluding hydrogens is 274 g/mol. The highest BCUT2D eigenvalue weighted by atomic mass is 16.1. The smallest absolute Gasteiger partial charge is 0.150 e. The Morgan fingerprint density at radius 1 is 0.591 bits per heavy atom. The third-order valence-corrected chi connectivity index (χ3v) is 3.43. The fourth-order valence-electron chi connectivity index (χ4n) is 2.22. The van der Waals surface area contributed by atoms with E-state index in [-0.39, 0.29) is 0 Å².